The van der Waals surface area contributed by atoms with E-state index in [1.165, 1.54) is 26.2 Å². The summed E-state index contributed by atoms with van der Waals surface area (Å²) < 4.78 is 32.1. The molecule has 1 aromatic rings. The Hall–Kier alpha value is -2.11. The molecule has 19 heavy (non-hydrogen) atoms. The van der Waals surface area contributed by atoms with E-state index in [0.717, 1.165) is 6.07 Å². The molecule has 0 bridgehead atoms. The largest absolute Gasteiger partial charge is 0.496 e. The molecule has 1 atom stereocenters. The maximum atomic E-state index is 11.8. The minimum Gasteiger partial charge on any atom is -0.496 e. The summed E-state index contributed by atoms with van der Waals surface area (Å²) in [4.78, 5) is 11.5. The van der Waals surface area contributed by atoms with Crippen LogP contribution in [-0.2, 0) is 14.8 Å². The first-order valence-corrected chi connectivity index (χ1v) is 6.65. The van der Waals surface area contributed by atoms with E-state index in [0.29, 0.717) is 0 Å². The predicted octanol–water partition coefficient (Wildman–Crippen LogP) is 0.411. The van der Waals surface area contributed by atoms with Crippen molar-refractivity contribution in [2.75, 3.05) is 7.11 Å². The van der Waals surface area contributed by atoms with E-state index in [-0.39, 0.29) is 16.2 Å². The molecule has 1 aromatic carbocycles. The molecule has 102 valence electrons. The van der Waals surface area contributed by atoms with Gasteiger partial charge in [-0.05, 0) is 25.1 Å². The topological polar surface area (TPSA) is 119 Å². The quantitative estimate of drug-likeness (QED) is 0.800. The van der Waals surface area contributed by atoms with E-state index >= 15 is 0 Å². The molecule has 0 radical (unpaired) electrons. The van der Waals surface area contributed by atoms with Crippen LogP contribution in [0.1, 0.15) is 17.3 Å². The summed E-state index contributed by atoms with van der Waals surface area (Å²) in [6.07, 6.45) is -0.963. The zero-order valence-corrected chi connectivity index (χ0v) is 11.1. The number of carbonyl (C=O) groups is 1. The van der Waals surface area contributed by atoms with Crippen molar-refractivity contribution in [2.24, 2.45) is 5.14 Å². The van der Waals surface area contributed by atoms with Gasteiger partial charge in [0.2, 0.25) is 10.0 Å². The second kappa shape index (κ2) is 5.69. The van der Waals surface area contributed by atoms with Crippen molar-refractivity contribution < 1.29 is 22.7 Å². The Kier molecular flexibility index (Phi) is 4.47. The standard InChI is InChI=1S/C11H12N2O5S/c1-7(6-12)18-11(14)9-5-8(19(13,15)16)3-4-10(9)17-2/h3-5,7H,1-2H3,(H2,13,15,16)/t7-/m1/s1. The van der Waals surface area contributed by atoms with Crippen molar-refractivity contribution in [3.63, 3.8) is 0 Å². The van der Waals surface area contributed by atoms with Crippen LogP contribution in [0.4, 0.5) is 0 Å². The third-order valence-electron chi connectivity index (χ3n) is 2.19. The highest BCUT2D eigenvalue weighted by Gasteiger charge is 2.20. The second-order valence-electron chi connectivity index (χ2n) is 3.58. The van der Waals surface area contributed by atoms with E-state index in [9.17, 15) is 13.2 Å². The number of nitrogens with zero attached hydrogens (tertiary/aromatic N) is 1. The number of nitriles is 1. The molecular formula is C11H12N2O5S. The normalized spacial score (nSPS) is 12.3. The molecule has 1 rings (SSSR count). The van der Waals surface area contributed by atoms with E-state index < -0.39 is 22.1 Å². The number of methoxy groups -OCH3 is 1. The van der Waals surface area contributed by atoms with Crippen LogP contribution in [0.3, 0.4) is 0 Å². The molecule has 0 aliphatic rings. The second-order valence-corrected chi connectivity index (χ2v) is 5.15. The fraction of sp³-hybridized carbons (Fsp3) is 0.273. The van der Waals surface area contributed by atoms with Crippen LogP contribution in [-0.4, -0.2) is 27.6 Å². The molecule has 0 unspecified atom stereocenters. The van der Waals surface area contributed by atoms with Crippen molar-refractivity contribution in [1.82, 2.24) is 0 Å². The molecule has 0 spiro atoms. The summed E-state index contributed by atoms with van der Waals surface area (Å²) in [7, 11) is -2.63. The average molecular weight is 284 g/mol. The van der Waals surface area contributed by atoms with Gasteiger partial charge in [-0.15, -0.1) is 0 Å². The summed E-state index contributed by atoms with van der Waals surface area (Å²) >= 11 is 0. The lowest BCUT2D eigenvalue weighted by Gasteiger charge is -2.10. The molecule has 0 saturated carbocycles. The summed E-state index contributed by atoms with van der Waals surface area (Å²) in [5, 5.41) is 13.5. The molecule has 0 amide bonds. The minimum atomic E-state index is -3.95. The van der Waals surface area contributed by atoms with Crippen molar-refractivity contribution in [3.05, 3.63) is 23.8 Å². The predicted molar refractivity (Wildman–Crippen MR) is 64.9 cm³/mol. The monoisotopic (exact) mass is 284 g/mol. The number of nitrogens with two attached hydrogens (primary N) is 1. The van der Waals surface area contributed by atoms with Gasteiger partial charge < -0.3 is 9.47 Å². The van der Waals surface area contributed by atoms with Crippen LogP contribution < -0.4 is 9.88 Å². The maximum absolute atomic E-state index is 11.8. The number of rotatable bonds is 4. The van der Waals surface area contributed by atoms with Gasteiger partial charge in [0.15, 0.2) is 6.10 Å². The average Bonchev–Trinajstić information content (AvgIpc) is 2.36. The van der Waals surface area contributed by atoms with E-state index in [1.54, 1.807) is 6.07 Å². The molecule has 0 aromatic heterocycles. The lowest BCUT2D eigenvalue weighted by Crippen LogP contribution is -2.16. The third kappa shape index (κ3) is 3.67. The first-order chi connectivity index (χ1) is 8.79. The first kappa shape index (κ1) is 14.9. The van der Waals surface area contributed by atoms with Crippen LogP contribution in [0, 0.1) is 11.3 Å². The minimum absolute atomic E-state index is 0.115. The van der Waals surface area contributed by atoms with Gasteiger partial charge in [0.25, 0.3) is 0 Å². The van der Waals surface area contributed by atoms with Crippen molar-refractivity contribution in [1.29, 1.82) is 5.26 Å². The number of benzene rings is 1. The smallest absolute Gasteiger partial charge is 0.343 e. The molecule has 0 aliphatic heterocycles. The summed E-state index contributed by atoms with van der Waals surface area (Å²) in [6, 6.07) is 5.26. The van der Waals surface area contributed by atoms with Gasteiger partial charge in [-0.2, -0.15) is 5.26 Å². The summed E-state index contributed by atoms with van der Waals surface area (Å²) in [5.41, 5.74) is -0.115. The van der Waals surface area contributed by atoms with E-state index in [2.05, 4.69) is 0 Å². The number of ether oxygens (including phenoxy) is 2. The van der Waals surface area contributed by atoms with E-state index in [1.807, 2.05) is 0 Å². The number of primary sulfonamides is 1. The van der Waals surface area contributed by atoms with Crippen LogP contribution in [0.15, 0.2) is 23.1 Å². The Morgan fingerprint density at radius 3 is 2.58 bits per heavy atom. The van der Waals surface area contributed by atoms with Crippen LogP contribution in [0.25, 0.3) is 0 Å². The zero-order valence-electron chi connectivity index (χ0n) is 10.3. The number of hydrogen-bond donors (Lipinski definition) is 1. The van der Waals surface area contributed by atoms with Gasteiger partial charge in [-0.1, -0.05) is 0 Å². The van der Waals surface area contributed by atoms with Crippen LogP contribution in [0.5, 0.6) is 5.75 Å². The molecule has 0 aliphatic carbocycles. The SMILES string of the molecule is COc1ccc(S(N)(=O)=O)cc1C(=O)O[C@H](C)C#N. The number of sulfonamides is 1. The van der Waals surface area contributed by atoms with Crippen LogP contribution >= 0.6 is 0 Å². The zero-order chi connectivity index (χ0) is 14.6. The van der Waals surface area contributed by atoms with Crippen molar-refractivity contribution >= 4 is 16.0 Å². The summed E-state index contributed by atoms with van der Waals surface area (Å²) in [6.45, 7) is 1.38. The number of carbonyl (C=O) groups excluding carboxylic acids is 1. The molecule has 2 N–H and O–H groups in total. The molecule has 0 fully saturated rings. The molecule has 0 saturated heterocycles. The van der Waals surface area contributed by atoms with E-state index in [4.69, 9.17) is 19.9 Å². The Bertz CT molecular complexity index is 633. The first-order valence-electron chi connectivity index (χ1n) is 5.11. The Morgan fingerprint density at radius 1 is 1.47 bits per heavy atom. The molecular weight excluding hydrogens is 272 g/mol. The fourth-order valence-corrected chi connectivity index (χ4v) is 1.81. The van der Waals surface area contributed by atoms with Crippen molar-refractivity contribution in [3.8, 4) is 11.8 Å². The maximum Gasteiger partial charge on any atom is 0.343 e. The van der Waals surface area contributed by atoms with Crippen LogP contribution in [0.2, 0.25) is 0 Å². The molecule has 0 heterocycles. The molecule has 7 nitrogen and oxygen atoms in total. The Morgan fingerprint density at radius 2 is 2.11 bits per heavy atom. The highest BCUT2D eigenvalue weighted by Crippen LogP contribution is 2.23. The van der Waals surface area contributed by atoms with Gasteiger partial charge in [0.05, 0.1) is 12.0 Å². The third-order valence-corrected chi connectivity index (χ3v) is 3.10. The number of esters is 1. The number of hydrogen-bond acceptors (Lipinski definition) is 6. The Balaban J connectivity index is 3.24. The van der Waals surface area contributed by atoms with Gasteiger partial charge in [0, 0.05) is 0 Å². The molecule has 8 heteroatoms. The van der Waals surface area contributed by atoms with Crippen molar-refractivity contribution in [2.45, 2.75) is 17.9 Å². The van der Waals surface area contributed by atoms with Gasteiger partial charge in [-0.3, -0.25) is 0 Å². The lowest BCUT2D eigenvalue weighted by molar-refractivity contribution is 0.0431. The highest BCUT2D eigenvalue weighted by molar-refractivity contribution is 7.89. The fourth-order valence-electron chi connectivity index (χ4n) is 1.27. The summed E-state index contributed by atoms with van der Waals surface area (Å²) in [5.74, 6) is -0.737. The van der Waals surface area contributed by atoms with Gasteiger partial charge >= 0.3 is 5.97 Å². The lowest BCUT2D eigenvalue weighted by atomic mass is 10.2. The van der Waals surface area contributed by atoms with Gasteiger partial charge in [-0.25, -0.2) is 18.4 Å². The van der Waals surface area contributed by atoms with Gasteiger partial charge in [0.1, 0.15) is 17.4 Å². The Labute approximate surface area is 110 Å². The highest BCUT2D eigenvalue weighted by atomic mass is 32.2.